The predicted octanol–water partition coefficient (Wildman–Crippen LogP) is 2.69. The molecule has 1 aliphatic rings. The van der Waals surface area contributed by atoms with E-state index < -0.39 is 0 Å². The molecule has 94 valence electrons. The van der Waals surface area contributed by atoms with Gasteiger partial charge in [-0.1, -0.05) is 23.8 Å². The molecular weight excluding hydrogens is 208 g/mol. The monoisotopic (exact) mass is 232 g/mol. The lowest BCUT2D eigenvalue weighted by Crippen LogP contribution is -2.32. The van der Waals surface area contributed by atoms with Crippen LogP contribution in [-0.4, -0.2) is 13.1 Å². The molecule has 1 saturated heterocycles. The first-order valence-corrected chi connectivity index (χ1v) is 6.70. The largest absolute Gasteiger partial charge is 0.324 e. The fraction of sp³-hybridized carbons (Fsp3) is 0.600. The van der Waals surface area contributed by atoms with E-state index in [4.69, 9.17) is 5.73 Å². The van der Waals surface area contributed by atoms with Gasteiger partial charge in [0, 0.05) is 6.04 Å². The van der Waals surface area contributed by atoms with Crippen LogP contribution in [0.25, 0.3) is 0 Å². The first kappa shape index (κ1) is 12.6. The van der Waals surface area contributed by atoms with Crippen LogP contribution < -0.4 is 11.1 Å². The molecule has 1 aromatic carbocycles. The van der Waals surface area contributed by atoms with Crippen LogP contribution in [0.2, 0.25) is 0 Å². The highest BCUT2D eigenvalue weighted by Gasteiger charge is 2.18. The summed E-state index contributed by atoms with van der Waals surface area (Å²) in [5, 5.41) is 3.46. The van der Waals surface area contributed by atoms with Crippen molar-refractivity contribution in [2.24, 2.45) is 11.7 Å². The molecule has 2 unspecified atom stereocenters. The fourth-order valence-electron chi connectivity index (χ4n) is 2.77. The molecule has 1 aromatic rings. The molecule has 0 amide bonds. The van der Waals surface area contributed by atoms with Crippen LogP contribution in [0.1, 0.15) is 42.0 Å². The normalized spacial score (nSPS) is 22.4. The summed E-state index contributed by atoms with van der Waals surface area (Å²) in [6, 6.07) is 6.79. The maximum Gasteiger partial charge on any atom is 0.0300 e. The number of hydrogen-bond acceptors (Lipinski definition) is 2. The van der Waals surface area contributed by atoms with Crippen molar-refractivity contribution in [1.29, 1.82) is 0 Å². The SMILES string of the molecule is Cc1ccc(C)c(C(N)CC2CCCNC2)c1. The van der Waals surface area contributed by atoms with Gasteiger partial charge in [0.05, 0.1) is 0 Å². The molecule has 3 N–H and O–H groups in total. The van der Waals surface area contributed by atoms with Gasteiger partial charge in [0.1, 0.15) is 0 Å². The second-order valence-electron chi connectivity index (χ2n) is 5.41. The van der Waals surface area contributed by atoms with Gasteiger partial charge in [-0.3, -0.25) is 0 Å². The van der Waals surface area contributed by atoms with E-state index in [2.05, 4.69) is 37.4 Å². The van der Waals surface area contributed by atoms with Gasteiger partial charge in [-0.25, -0.2) is 0 Å². The zero-order chi connectivity index (χ0) is 12.3. The van der Waals surface area contributed by atoms with Gasteiger partial charge in [-0.15, -0.1) is 0 Å². The minimum absolute atomic E-state index is 0.194. The van der Waals surface area contributed by atoms with E-state index in [1.54, 1.807) is 0 Å². The molecule has 1 fully saturated rings. The minimum Gasteiger partial charge on any atom is -0.324 e. The summed E-state index contributed by atoms with van der Waals surface area (Å²) in [5.74, 6) is 0.749. The van der Waals surface area contributed by atoms with Crippen LogP contribution in [0, 0.1) is 19.8 Å². The quantitative estimate of drug-likeness (QED) is 0.841. The van der Waals surface area contributed by atoms with Crippen molar-refractivity contribution in [1.82, 2.24) is 5.32 Å². The van der Waals surface area contributed by atoms with Crippen LogP contribution in [-0.2, 0) is 0 Å². The van der Waals surface area contributed by atoms with Crippen molar-refractivity contribution in [2.75, 3.05) is 13.1 Å². The lowest BCUT2D eigenvalue weighted by molar-refractivity contribution is 0.336. The number of piperidine rings is 1. The predicted molar refractivity (Wildman–Crippen MR) is 73.1 cm³/mol. The van der Waals surface area contributed by atoms with Gasteiger partial charge in [-0.05, 0) is 63.2 Å². The molecule has 1 heterocycles. The first-order chi connectivity index (χ1) is 8.16. The Morgan fingerprint density at radius 3 is 2.94 bits per heavy atom. The third-order valence-corrected chi connectivity index (χ3v) is 3.82. The standard InChI is InChI=1S/C15H24N2/c1-11-5-6-12(2)14(8-11)15(16)9-13-4-3-7-17-10-13/h5-6,8,13,15,17H,3-4,7,9-10,16H2,1-2H3. The van der Waals surface area contributed by atoms with E-state index >= 15 is 0 Å². The molecule has 17 heavy (non-hydrogen) atoms. The van der Waals surface area contributed by atoms with Gasteiger partial charge < -0.3 is 11.1 Å². The van der Waals surface area contributed by atoms with Gasteiger partial charge in [0.25, 0.3) is 0 Å². The smallest absolute Gasteiger partial charge is 0.0300 e. The number of rotatable bonds is 3. The van der Waals surface area contributed by atoms with Crippen molar-refractivity contribution >= 4 is 0 Å². The van der Waals surface area contributed by atoms with Crippen LogP contribution in [0.5, 0.6) is 0 Å². The molecule has 2 nitrogen and oxygen atoms in total. The molecule has 2 atom stereocenters. The maximum absolute atomic E-state index is 6.37. The topological polar surface area (TPSA) is 38.0 Å². The van der Waals surface area contributed by atoms with E-state index in [9.17, 15) is 0 Å². The molecule has 0 saturated carbocycles. The van der Waals surface area contributed by atoms with Gasteiger partial charge in [0.15, 0.2) is 0 Å². The molecular formula is C15H24N2. The summed E-state index contributed by atoms with van der Waals surface area (Å²) in [4.78, 5) is 0. The van der Waals surface area contributed by atoms with E-state index in [-0.39, 0.29) is 6.04 Å². The molecule has 2 rings (SSSR count). The number of nitrogens with two attached hydrogens (primary N) is 1. The van der Waals surface area contributed by atoms with Crippen molar-refractivity contribution in [3.63, 3.8) is 0 Å². The van der Waals surface area contributed by atoms with Crippen LogP contribution >= 0.6 is 0 Å². The molecule has 0 aromatic heterocycles. The average molecular weight is 232 g/mol. The zero-order valence-electron chi connectivity index (χ0n) is 11.0. The fourth-order valence-corrected chi connectivity index (χ4v) is 2.77. The summed E-state index contributed by atoms with van der Waals surface area (Å²) in [6.45, 7) is 6.61. The van der Waals surface area contributed by atoms with Gasteiger partial charge >= 0.3 is 0 Å². The Morgan fingerprint density at radius 2 is 2.24 bits per heavy atom. The molecule has 0 spiro atoms. The highest BCUT2D eigenvalue weighted by Crippen LogP contribution is 2.26. The second-order valence-corrected chi connectivity index (χ2v) is 5.41. The third-order valence-electron chi connectivity index (χ3n) is 3.82. The van der Waals surface area contributed by atoms with Crippen molar-refractivity contribution in [2.45, 2.75) is 39.2 Å². The van der Waals surface area contributed by atoms with E-state index in [1.165, 1.54) is 36.1 Å². The van der Waals surface area contributed by atoms with E-state index in [0.29, 0.717) is 0 Å². The maximum atomic E-state index is 6.37. The third kappa shape index (κ3) is 3.30. The Balaban J connectivity index is 2.02. The Bertz CT molecular complexity index is 367. The Hall–Kier alpha value is -0.860. The molecule has 1 aliphatic heterocycles. The number of nitrogens with one attached hydrogen (secondary N) is 1. The minimum atomic E-state index is 0.194. The molecule has 0 bridgehead atoms. The Kier molecular flexibility index (Phi) is 4.19. The van der Waals surface area contributed by atoms with E-state index in [1.807, 2.05) is 0 Å². The Labute approximate surface area is 105 Å². The van der Waals surface area contributed by atoms with E-state index in [0.717, 1.165) is 18.9 Å². The summed E-state index contributed by atoms with van der Waals surface area (Å²) in [7, 11) is 0. The highest BCUT2D eigenvalue weighted by atomic mass is 14.9. The van der Waals surface area contributed by atoms with Crippen LogP contribution in [0.3, 0.4) is 0 Å². The highest BCUT2D eigenvalue weighted by molar-refractivity contribution is 5.32. The summed E-state index contributed by atoms with van der Waals surface area (Å²) >= 11 is 0. The lowest BCUT2D eigenvalue weighted by atomic mass is 9.88. The molecule has 0 aliphatic carbocycles. The number of hydrogen-bond donors (Lipinski definition) is 2. The summed E-state index contributed by atoms with van der Waals surface area (Å²) in [5.41, 5.74) is 10.3. The van der Waals surface area contributed by atoms with Gasteiger partial charge in [-0.2, -0.15) is 0 Å². The zero-order valence-corrected chi connectivity index (χ0v) is 11.0. The first-order valence-electron chi connectivity index (χ1n) is 6.70. The number of benzene rings is 1. The molecule has 2 heteroatoms. The van der Waals surface area contributed by atoms with Crippen molar-refractivity contribution in [3.8, 4) is 0 Å². The summed E-state index contributed by atoms with van der Waals surface area (Å²) < 4.78 is 0. The van der Waals surface area contributed by atoms with Crippen molar-refractivity contribution in [3.05, 3.63) is 34.9 Å². The lowest BCUT2D eigenvalue weighted by Gasteiger charge is -2.26. The second kappa shape index (κ2) is 5.65. The van der Waals surface area contributed by atoms with Crippen LogP contribution in [0.15, 0.2) is 18.2 Å². The summed E-state index contributed by atoms with van der Waals surface area (Å²) in [6.07, 6.45) is 3.73. The Morgan fingerprint density at radius 1 is 1.41 bits per heavy atom. The average Bonchev–Trinajstić information content (AvgIpc) is 2.33. The van der Waals surface area contributed by atoms with Crippen LogP contribution in [0.4, 0.5) is 0 Å². The van der Waals surface area contributed by atoms with Crippen molar-refractivity contribution < 1.29 is 0 Å². The number of aryl methyl sites for hydroxylation is 2. The molecule has 0 radical (unpaired) electrons. The van der Waals surface area contributed by atoms with Gasteiger partial charge in [0.2, 0.25) is 0 Å².